The number of nitrogen functional groups attached to an aromatic ring is 1. The van der Waals surface area contributed by atoms with Gasteiger partial charge in [-0.15, -0.1) is 11.8 Å². The normalized spacial score (nSPS) is 24.8. The molecule has 2 atom stereocenters. The highest BCUT2D eigenvalue weighted by atomic mass is 32.2. The Balaban J connectivity index is 2.02. The van der Waals surface area contributed by atoms with E-state index in [1.807, 2.05) is 24.9 Å². The fraction of sp³-hybridized carbons (Fsp3) is 0.571. The van der Waals surface area contributed by atoms with Crippen molar-refractivity contribution in [2.45, 2.75) is 48.9 Å². The molecule has 0 heterocycles. The van der Waals surface area contributed by atoms with Gasteiger partial charge in [-0.3, -0.25) is 0 Å². The number of hydrogen-bond donors (Lipinski definition) is 1. The van der Waals surface area contributed by atoms with E-state index in [1.165, 1.54) is 29.7 Å². The molecule has 1 fully saturated rings. The minimum Gasteiger partial charge on any atom is -0.398 e. The van der Waals surface area contributed by atoms with Gasteiger partial charge in [0.1, 0.15) is 0 Å². The van der Waals surface area contributed by atoms with E-state index in [1.54, 1.807) is 0 Å². The lowest BCUT2D eigenvalue weighted by Crippen LogP contribution is -2.23. The van der Waals surface area contributed by atoms with Crippen molar-refractivity contribution < 1.29 is 4.74 Å². The highest BCUT2D eigenvalue weighted by Crippen LogP contribution is 2.37. The minimum atomic E-state index is 0.437. The fourth-order valence-electron chi connectivity index (χ4n) is 2.35. The molecule has 2 unspecified atom stereocenters. The van der Waals surface area contributed by atoms with Crippen molar-refractivity contribution in [3.63, 3.8) is 0 Å². The summed E-state index contributed by atoms with van der Waals surface area (Å²) in [4.78, 5) is 1.23. The zero-order valence-electron chi connectivity index (χ0n) is 10.6. The molecule has 1 saturated carbocycles. The van der Waals surface area contributed by atoms with Gasteiger partial charge in [-0.05, 0) is 50.3 Å². The highest BCUT2D eigenvalue weighted by molar-refractivity contribution is 8.00. The molecule has 0 bridgehead atoms. The summed E-state index contributed by atoms with van der Waals surface area (Å²) in [6, 6.07) is 6.27. The third kappa shape index (κ3) is 3.39. The Kier molecular flexibility index (Phi) is 4.35. The second kappa shape index (κ2) is 5.78. The molecular weight excluding hydrogens is 230 g/mol. The number of nitrogens with two attached hydrogens (primary N) is 1. The number of thioether (sulfide) groups is 1. The monoisotopic (exact) mass is 251 g/mol. The standard InChI is InChI=1S/C14H21NOS/c1-10-6-7-13(15)14(8-10)17-12-5-3-4-11(9-12)16-2/h6-8,11-12H,3-5,9,15H2,1-2H3. The van der Waals surface area contributed by atoms with Crippen LogP contribution < -0.4 is 5.73 Å². The molecule has 0 radical (unpaired) electrons. The average molecular weight is 251 g/mol. The maximum Gasteiger partial charge on any atom is 0.0582 e. The topological polar surface area (TPSA) is 35.2 Å². The zero-order chi connectivity index (χ0) is 12.3. The van der Waals surface area contributed by atoms with Crippen LogP contribution in [0.3, 0.4) is 0 Å². The predicted molar refractivity (Wildman–Crippen MR) is 74.5 cm³/mol. The summed E-state index contributed by atoms with van der Waals surface area (Å²) in [7, 11) is 1.82. The summed E-state index contributed by atoms with van der Waals surface area (Å²) in [6.07, 6.45) is 5.33. The molecule has 1 aliphatic carbocycles. The van der Waals surface area contributed by atoms with Crippen LogP contribution in [-0.2, 0) is 4.74 Å². The molecule has 0 amide bonds. The van der Waals surface area contributed by atoms with E-state index in [9.17, 15) is 0 Å². The van der Waals surface area contributed by atoms with Crippen LogP contribution in [0, 0.1) is 6.92 Å². The molecule has 94 valence electrons. The predicted octanol–water partition coefficient (Wildman–Crippen LogP) is 3.63. The highest BCUT2D eigenvalue weighted by Gasteiger charge is 2.22. The van der Waals surface area contributed by atoms with Crippen LogP contribution in [-0.4, -0.2) is 18.5 Å². The van der Waals surface area contributed by atoms with Crippen molar-refractivity contribution >= 4 is 17.4 Å². The number of hydrogen-bond acceptors (Lipinski definition) is 3. The molecule has 0 spiro atoms. The van der Waals surface area contributed by atoms with Crippen LogP contribution in [0.25, 0.3) is 0 Å². The lowest BCUT2D eigenvalue weighted by molar-refractivity contribution is 0.0730. The summed E-state index contributed by atoms with van der Waals surface area (Å²) in [5, 5.41) is 0.651. The summed E-state index contributed by atoms with van der Waals surface area (Å²) < 4.78 is 5.47. The van der Waals surface area contributed by atoms with Gasteiger partial charge in [0, 0.05) is 22.9 Å². The summed E-state index contributed by atoms with van der Waals surface area (Å²) >= 11 is 1.92. The molecule has 1 aromatic rings. The van der Waals surface area contributed by atoms with Crippen LogP contribution in [0.1, 0.15) is 31.2 Å². The van der Waals surface area contributed by atoms with E-state index >= 15 is 0 Å². The van der Waals surface area contributed by atoms with Gasteiger partial charge in [-0.2, -0.15) is 0 Å². The van der Waals surface area contributed by atoms with Gasteiger partial charge < -0.3 is 10.5 Å². The Labute approximate surface area is 108 Å². The second-order valence-electron chi connectivity index (χ2n) is 4.81. The number of benzene rings is 1. The van der Waals surface area contributed by atoms with Gasteiger partial charge in [-0.25, -0.2) is 0 Å². The Hall–Kier alpha value is -0.670. The zero-order valence-corrected chi connectivity index (χ0v) is 11.4. The first kappa shape index (κ1) is 12.8. The molecule has 0 aliphatic heterocycles. The molecule has 1 aliphatic rings. The lowest BCUT2D eigenvalue weighted by Gasteiger charge is -2.28. The maximum atomic E-state index is 6.02. The Morgan fingerprint density at radius 3 is 2.94 bits per heavy atom. The lowest BCUT2D eigenvalue weighted by atomic mass is 9.97. The smallest absolute Gasteiger partial charge is 0.0582 e. The molecule has 1 aromatic carbocycles. The van der Waals surface area contributed by atoms with Gasteiger partial charge >= 0.3 is 0 Å². The average Bonchev–Trinajstić information content (AvgIpc) is 2.34. The number of methoxy groups -OCH3 is 1. The van der Waals surface area contributed by atoms with Crippen molar-refractivity contribution in [1.29, 1.82) is 0 Å². The maximum absolute atomic E-state index is 6.02. The molecule has 0 saturated heterocycles. The number of anilines is 1. The van der Waals surface area contributed by atoms with Crippen LogP contribution in [0.5, 0.6) is 0 Å². The Morgan fingerprint density at radius 1 is 1.35 bits per heavy atom. The van der Waals surface area contributed by atoms with Crippen LogP contribution in [0.15, 0.2) is 23.1 Å². The molecule has 3 heteroatoms. The van der Waals surface area contributed by atoms with E-state index in [0.717, 1.165) is 12.1 Å². The third-order valence-electron chi connectivity index (χ3n) is 3.37. The largest absolute Gasteiger partial charge is 0.398 e. The van der Waals surface area contributed by atoms with Crippen LogP contribution in [0.2, 0.25) is 0 Å². The van der Waals surface area contributed by atoms with E-state index in [2.05, 4.69) is 19.1 Å². The van der Waals surface area contributed by atoms with Crippen molar-refractivity contribution in [2.75, 3.05) is 12.8 Å². The number of ether oxygens (including phenoxy) is 1. The first-order chi connectivity index (χ1) is 8.19. The quantitative estimate of drug-likeness (QED) is 0.833. The molecule has 0 aromatic heterocycles. The first-order valence-electron chi connectivity index (χ1n) is 6.24. The fourth-order valence-corrected chi connectivity index (χ4v) is 3.76. The van der Waals surface area contributed by atoms with Gasteiger partial charge in [0.05, 0.1) is 6.10 Å². The number of rotatable bonds is 3. The van der Waals surface area contributed by atoms with E-state index in [-0.39, 0.29) is 0 Å². The van der Waals surface area contributed by atoms with Crippen molar-refractivity contribution in [2.24, 2.45) is 0 Å². The Morgan fingerprint density at radius 2 is 2.18 bits per heavy atom. The number of aryl methyl sites for hydroxylation is 1. The van der Waals surface area contributed by atoms with Gasteiger partial charge in [0.2, 0.25) is 0 Å². The second-order valence-corrected chi connectivity index (χ2v) is 6.15. The summed E-state index contributed by atoms with van der Waals surface area (Å²) in [6.45, 7) is 2.11. The van der Waals surface area contributed by atoms with E-state index in [0.29, 0.717) is 11.4 Å². The first-order valence-corrected chi connectivity index (χ1v) is 7.12. The molecule has 2 N–H and O–H groups in total. The van der Waals surface area contributed by atoms with Crippen molar-refractivity contribution in [3.8, 4) is 0 Å². The Bertz CT molecular complexity index is 380. The van der Waals surface area contributed by atoms with Crippen molar-refractivity contribution in [1.82, 2.24) is 0 Å². The van der Waals surface area contributed by atoms with Gasteiger partial charge in [0.15, 0.2) is 0 Å². The van der Waals surface area contributed by atoms with E-state index < -0.39 is 0 Å². The SMILES string of the molecule is COC1CCCC(Sc2cc(C)ccc2N)C1. The van der Waals surface area contributed by atoms with E-state index in [4.69, 9.17) is 10.5 Å². The molecule has 2 nitrogen and oxygen atoms in total. The summed E-state index contributed by atoms with van der Waals surface area (Å²) in [5.74, 6) is 0. The van der Waals surface area contributed by atoms with Gasteiger partial charge in [0.25, 0.3) is 0 Å². The minimum absolute atomic E-state index is 0.437. The van der Waals surface area contributed by atoms with Crippen molar-refractivity contribution in [3.05, 3.63) is 23.8 Å². The molecular formula is C14H21NOS. The van der Waals surface area contributed by atoms with Crippen LogP contribution in [0.4, 0.5) is 5.69 Å². The van der Waals surface area contributed by atoms with Crippen LogP contribution >= 0.6 is 11.8 Å². The molecule has 2 rings (SSSR count). The third-order valence-corrected chi connectivity index (χ3v) is 4.74. The summed E-state index contributed by atoms with van der Waals surface area (Å²) in [5.41, 5.74) is 8.20. The molecule has 17 heavy (non-hydrogen) atoms. The van der Waals surface area contributed by atoms with Gasteiger partial charge in [-0.1, -0.05) is 6.07 Å².